The summed E-state index contributed by atoms with van der Waals surface area (Å²) in [6.45, 7) is 6.34. The molecule has 1 aromatic rings. The molecule has 1 aliphatic rings. The van der Waals surface area contributed by atoms with Crippen molar-refractivity contribution in [3.63, 3.8) is 0 Å². The average Bonchev–Trinajstić information content (AvgIpc) is 3.08. The molecule has 88 valence electrons. The largest absolute Gasteiger partial charge is 0.357 e. The first-order valence-electron chi connectivity index (χ1n) is 6.01. The highest BCUT2D eigenvalue weighted by molar-refractivity contribution is 5.44. The summed E-state index contributed by atoms with van der Waals surface area (Å²) in [4.78, 5) is 11.2. The minimum atomic E-state index is 0.712. The van der Waals surface area contributed by atoms with E-state index >= 15 is 0 Å². The highest BCUT2D eigenvalue weighted by atomic mass is 15.2. The second-order valence-corrected chi connectivity index (χ2v) is 4.42. The van der Waals surface area contributed by atoms with E-state index < -0.39 is 0 Å². The Bertz CT molecular complexity index is 360. The number of rotatable bonds is 5. The summed E-state index contributed by atoms with van der Waals surface area (Å²) >= 11 is 0. The zero-order valence-corrected chi connectivity index (χ0v) is 10.3. The first kappa shape index (κ1) is 11.2. The predicted molar refractivity (Wildman–Crippen MR) is 66.9 cm³/mol. The number of aryl methyl sites for hydroxylation is 1. The third-order valence-electron chi connectivity index (χ3n) is 2.95. The quantitative estimate of drug-likeness (QED) is 0.824. The summed E-state index contributed by atoms with van der Waals surface area (Å²) in [6.07, 6.45) is 2.75. The van der Waals surface area contributed by atoms with Crippen LogP contribution in [0.2, 0.25) is 0 Å². The lowest BCUT2D eigenvalue weighted by molar-refractivity contribution is 0.730. The molecule has 0 amide bonds. The second kappa shape index (κ2) is 4.68. The van der Waals surface area contributed by atoms with Gasteiger partial charge in [0, 0.05) is 31.9 Å². The molecular weight excluding hydrogens is 200 g/mol. The van der Waals surface area contributed by atoms with Crippen LogP contribution < -0.4 is 10.2 Å². The van der Waals surface area contributed by atoms with Crippen molar-refractivity contribution in [2.75, 3.05) is 30.4 Å². The normalized spacial score (nSPS) is 14.9. The van der Waals surface area contributed by atoms with Crippen molar-refractivity contribution in [2.45, 2.75) is 26.7 Å². The maximum atomic E-state index is 4.51. The van der Waals surface area contributed by atoms with Crippen LogP contribution in [0, 0.1) is 12.8 Å². The third-order valence-corrected chi connectivity index (χ3v) is 2.95. The third kappa shape index (κ3) is 2.62. The number of aromatic nitrogens is 2. The number of hydrogen-bond donors (Lipinski definition) is 1. The Morgan fingerprint density at radius 3 is 2.75 bits per heavy atom. The van der Waals surface area contributed by atoms with Gasteiger partial charge in [0.25, 0.3) is 0 Å². The van der Waals surface area contributed by atoms with E-state index in [0.29, 0.717) is 5.95 Å². The Morgan fingerprint density at radius 1 is 1.44 bits per heavy atom. The molecule has 1 heterocycles. The topological polar surface area (TPSA) is 41.1 Å². The lowest BCUT2D eigenvalue weighted by atomic mass is 10.3. The van der Waals surface area contributed by atoms with Crippen LogP contribution in [0.1, 0.15) is 25.5 Å². The summed E-state index contributed by atoms with van der Waals surface area (Å²) in [6, 6.07) is 2.06. The molecule has 0 bridgehead atoms. The van der Waals surface area contributed by atoms with Gasteiger partial charge in [-0.05, 0) is 32.6 Å². The highest BCUT2D eigenvalue weighted by Gasteiger charge is 2.24. The Balaban J connectivity index is 2.17. The molecule has 2 rings (SSSR count). The molecule has 0 radical (unpaired) electrons. The van der Waals surface area contributed by atoms with Gasteiger partial charge in [-0.15, -0.1) is 0 Å². The molecule has 0 atom stereocenters. The van der Waals surface area contributed by atoms with Gasteiger partial charge in [0.2, 0.25) is 5.95 Å². The van der Waals surface area contributed by atoms with Gasteiger partial charge in [-0.25, -0.2) is 4.98 Å². The van der Waals surface area contributed by atoms with Crippen LogP contribution in [-0.2, 0) is 0 Å². The summed E-state index contributed by atoms with van der Waals surface area (Å²) in [5.74, 6) is 2.64. The van der Waals surface area contributed by atoms with Gasteiger partial charge >= 0.3 is 0 Å². The fourth-order valence-electron chi connectivity index (χ4n) is 1.82. The minimum Gasteiger partial charge on any atom is -0.357 e. The molecule has 0 aliphatic heterocycles. The lowest BCUT2D eigenvalue weighted by Gasteiger charge is -2.22. The van der Waals surface area contributed by atoms with Gasteiger partial charge in [0.15, 0.2) is 0 Å². The zero-order chi connectivity index (χ0) is 11.5. The van der Waals surface area contributed by atoms with Gasteiger partial charge in [-0.2, -0.15) is 4.98 Å². The van der Waals surface area contributed by atoms with E-state index in [1.54, 1.807) is 0 Å². The van der Waals surface area contributed by atoms with E-state index in [9.17, 15) is 0 Å². The van der Waals surface area contributed by atoms with Crippen molar-refractivity contribution in [1.29, 1.82) is 0 Å². The smallest absolute Gasteiger partial charge is 0.224 e. The van der Waals surface area contributed by atoms with E-state index in [4.69, 9.17) is 0 Å². The van der Waals surface area contributed by atoms with Crippen LogP contribution >= 0.6 is 0 Å². The van der Waals surface area contributed by atoms with Crippen molar-refractivity contribution in [2.24, 2.45) is 5.92 Å². The van der Waals surface area contributed by atoms with E-state index in [1.807, 2.05) is 14.0 Å². The molecule has 0 saturated heterocycles. The van der Waals surface area contributed by atoms with Gasteiger partial charge in [-0.3, -0.25) is 0 Å². The molecule has 4 nitrogen and oxygen atoms in total. The molecule has 0 unspecified atom stereocenters. The summed E-state index contributed by atoms with van der Waals surface area (Å²) in [7, 11) is 1.86. The molecular formula is C12H20N4. The fourth-order valence-corrected chi connectivity index (χ4v) is 1.82. The Kier molecular flexibility index (Phi) is 3.27. The standard InChI is InChI=1S/C12H20N4/c1-4-16(8-10-5-6-10)11-7-9(2)14-12(13-3)15-11/h7,10H,4-6,8H2,1-3H3,(H,13,14,15). The molecule has 1 N–H and O–H groups in total. The zero-order valence-electron chi connectivity index (χ0n) is 10.3. The van der Waals surface area contributed by atoms with Gasteiger partial charge < -0.3 is 10.2 Å². The van der Waals surface area contributed by atoms with Crippen molar-refractivity contribution < 1.29 is 0 Å². The van der Waals surface area contributed by atoms with Gasteiger partial charge in [0.1, 0.15) is 5.82 Å². The number of hydrogen-bond acceptors (Lipinski definition) is 4. The van der Waals surface area contributed by atoms with Crippen molar-refractivity contribution in [3.8, 4) is 0 Å². The fraction of sp³-hybridized carbons (Fsp3) is 0.667. The van der Waals surface area contributed by atoms with Crippen LogP contribution in [0.4, 0.5) is 11.8 Å². The van der Waals surface area contributed by atoms with Gasteiger partial charge in [-0.1, -0.05) is 0 Å². The van der Waals surface area contributed by atoms with Crippen LogP contribution in [0.15, 0.2) is 6.07 Å². The van der Waals surface area contributed by atoms with Crippen molar-refractivity contribution >= 4 is 11.8 Å². The summed E-state index contributed by atoms with van der Waals surface area (Å²) in [5, 5.41) is 3.01. The molecule has 1 aliphatic carbocycles. The minimum absolute atomic E-state index is 0.712. The molecule has 16 heavy (non-hydrogen) atoms. The molecule has 0 spiro atoms. The maximum Gasteiger partial charge on any atom is 0.224 e. The summed E-state index contributed by atoms with van der Waals surface area (Å²) < 4.78 is 0. The van der Waals surface area contributed by atoms with E-state index in [1.165, 1.54) is 12.8 Å². The lowest BCUT2D eigenvalue weighted by Crippen LogP contribution is -2.26. The first-order valence-corrected chi connectivity index (χ1v) is 6.01. The number of anilines is 2. The maximum absolute atomic E-state index is 4.51. The van der Waals surface area contributed by atoms with Crippen LogP contribution in [0.3, 0.4) is 0 Å². The first-order chi connectivity index (χ1) is 7.72. The summed E-state index contributed by atoms with van der Waals surface area (Å²) in [5.41, 5.74) is 1.02. The van der Waals surface area contributed by atoms with Crippen LogP contribution in [0.25, 0.3) is 0 Å². The second-order valence-electron chi connectivity index (χ2n) is 4.42. The Hall–Kier alpha value is -1.32. The van der Waals surface area contributed by atoms with E-state index in [-0.39, 0.29) is 0 Å². The monoisotopic (exact) mass is 220 g/mol. The number of nitrogens with zero attached hydrogens (tertiary/aromatic N) is 3. The SMILES string of the molecule is CCN(CC1CC1)c1cc(C)nc(NC)n1. The number of nitrogens with one attached hydrogen (secondary N) is 1. The molecule has 0 aromatic carbocycles. The predicted octanol–water partition coefficient (Wildman–Crippen LogP) is 2.06. The molecule has 1 saturated carbocycles. The molecule has 1 fully saturated rings. The van der Waals surface area contributed by atoms with Crippen molar-refractivity contribution in [3.05, 3.63) is 11.8 Å². The molecule has 4 heteroatoms. The van der Waals surface area contributed by atoms with E-state index in [0.717, 1.165) is 30.5 Å². The average molecular weight is 220 g/mol. The molecule has 1 aromatic heterocycles. The Labute approximate surface area is 97.1 Å². The van der Waals surface area contributed by atoms with Gasteiger partial charge in [0.05, 0.1) is 0 Å². The highest BCUT2D eigenvalue weighted by Crippen LogP contribution is 2.31. The van der Waals surface area contributed by atoms with E-state index in [2.05, 4.69) is 33.2 Å². The Morgan fingerprint density at radius 2 is 2.19 bits per heavy atom. The van der Waals surface area contributed by atoms with Crippen LogP contribution in [-0.4, -0.2) is 30.1 Å². The van der Waals surface area contributed by atoms with Crippen molar-refractivity contribution in [1.82, 2.24) is 9.97 Å². The van der Waals surface area contributed by atoms with Crippen LogP contribution in [0.5, 0.6) is 0 Å².